The van der Waals surface area contributed by atoms with Crippen LogP contribution in [0.5, 0.6) is 5.75 Å². The van der Waals surface area contributed by atoms with E-state index in [1.54, 1.807) is 23.6 Å². The molecule has 2 amide bonds. The second-order valence-electron chi connectivity index (χ2n) is 6.25. The van der Waals surface area contributed by atoms with Gasteiger partial charge >= 0.3 is 6.09 Å². The van der Waals surface area contributed by atoms with Crippen LogP contribution in [0.4, 0.5) is 4.79 Å². The lowest BCUT2D eigenvalue weighted by molar-refractivity contribution is -0.139. The summed E-state index contributed by atoms with van der Waals surface area (Å²) in [4.78, 5) is 27.8. The highest BCUT2D eigenvalue weighted by molar-refractivity contribution is 5.89. The molecule has 2 aromatic carbocycles. The minimum absolute atomic E-state index is 0.0681. The molecule has 26 heavy (non-hydrogen) atoms. The van der Waals surface area contributed by atoms with Crippen LogP contribution in [0.2, 0.25) is 0 Å². The fourth-order valence-electron chi connectivity index (χ4n) is 3.12. The number of carbonyl (C=O) groups is 2. The molecule has 1 aliphatic rings. The van der Waals surface area contributed by atoms with Gasteiger partial charge in [0.2, 0.25) is 0 Å². The van der Waals surface area contributed by atoms with E-state index in [-0.39, 0.29) is 12.0 Å². The van der Waals surface area contributed by atoms with Gasteiger partial charge in [-0.05, 0) is 25.3 Å². The smallest absolute Gasteiger partial charge is 0.409 e. The zero-order chi connectivity index (χ0) is 18.5. The third-order valence-corrected chi connectivity index (χ3v) is 4.52. The van der Waals surface area contributed by atoms with Gasteiger partial charge in [0.1, 0.15) is 5.75 Å². The van der Waals surface area contributed by atoms with Crippen molar-refractivity contribution < 1.29 is 19.1 Å². The molecule has 1 atom stereocenters. The number of hydrogen-bond acceptors (Lipinski definition) is 4. The Morgan fingerprint density at radius 3 is 2.38 bits per heavy atom. The average Bonchev–Trinajstić information content (AvgIpc) is 2.68. The van der Waals surface area contributed by atoms with E-state index < -0.39 is 6.10 Å². The van der Waals surface area contributed by atoms with Crippen molar-refractivity contribution in [1.82, 2.24) is 9.80 Å². The van der Waals surface area contributed by atoms with E-state index in [1.165, 1.54) is 0 Å². The van der Waals surface area contributed by atoms with Gasteiger partial charge in [0.25, 0.3) is 5.91 Å². The maximum absolute atomic E-state index is 12.7. The van der Waals surface area contributed by atoms with Crippen LogP contribution < -0.4 is 4.74 Å². The Kier molecular flexibility index (Phi) is 5.61. The first-order chi connectivity index (χ1) is 12.6. The summed E-state index contributed by atoms with van der Waals surface area (Å²) in [7, 11) is 0. The summed E-state index contributed by atoms with van der Waals surface area (Å²) in [6, 6.07) is 13.8. The fourth-order valence-corrected chi connectivity index (χ4v) is 3.12. The standard InChI is InChI=1S/C20H24N2O4/c1-3-25-20(24)22-13-11-21(12-14-22)19(23)15(2)26-18-10-6-8-16-7-4-5-9-17(16)18/h4-10,15H,3,11-14H2,1-2H3/t15-/m0/s1. The summed E-state index contributed by atoms with van der Waals surface area (Å²) >= 11 is 0. The Balaban J connectivity index is 1.61. The summed E-state index contributed by atoms with van der Waals surface area (Å²) in [6.07, 6.45) is -0.908. The van der Waals surface area contributed by atoms with E-state index in [1.807, 2.05) is 42.5 Å². The van der Waals surface area contributed by atoms with Gasteiger partial charge in [-0.1, -0.05) is 36.4 Å². The quantitative estimate of drug-likeness (QED) is 0.845. The van der Waals surface area contributed by atoms with Crippen LogP contribution in [0.1, 0.15) is 13.8 Å². The van der Waals surface area contributed by atoms with Gasteiger partial charge in [-0.25, -0.2) is 4.79 Å². The summed E-state index contributed by atoms with van der Waals surface area (Å²) < 4.78 is 11.0. The molecule has 3 rings (SSSR count). The van der Waals surface area contributed by atoms with Crippen molar-refractivity contribution in [3.63, 3.8) is 0 Å². The highest BCUT2D eigenvalue weighted by Crippen LogP contribution is 2.26. The minimum atomic E-state index is -0.588. The molecular weight excluding hydrogens is 332 g/mol. The highest BCUT2D eigenvalue weighted by atomic mass is 16.6. The summed E-state index contributed by atoms with van der Waals surface area (Å²) in [5.41, 5.74) is 0. The minimum Gasteiger partial charge on any atom is -0.480 e. The van der Waals surface area contributed by atoms with E-state index in [0.29, 0.717) is 38.5 Å². The van der Waals surface area contributed by atoms with E-state index in [4.69, 9.17) is 9.47 Å². The number of rotatable bonds is 4. The Morgan fingerprint density at radius 1 is 1.00 bits per heavy atom. The number of benzene rings is 2. The Labute approximate surface area is 153 Å². The van der Waals surface area contributed by atoms with Crippen molar-refractivity contribution in [3.8, 4) is 5.75 Å². The molecule has 0 saturated carbocycles. The molecule has 0 aromatic heterocycles. The maximum Gasteiger partial charge on any atom is 0.409 e. The summed E-state index contributed by atoms with van der Waals surface area (Å²) in [5.74, 6) is 0.635. The SMILES string of the molecule is CCOC(=O)N1CCN(C(=O)[C@H](C)Oc2cccc3ccccc23)CC1. The van der Waals surface area contributed by atoms with Gasteiger partial charge in [0, 0.05) is 31.6 Å². The predicted octanol–water partition coefficient (Wildman–Crippen LogP) is 2.91. The Morgan fingerprint density at radius 2 is 1.65 bits per heavy atom. The number of amides is 2. The van der Waals surface area contributed by atoms with Crippen LogP contribution in [0.3, 0.4) is 0 Å². The Bertz CT molecular complexity index is 779. The lowest BCUT2D eigenvalue weighted by Crippen LogP contribution is -2.53. The van der Waals surface area contributed by atoms with Gasteiger partial charge in [-0.3, -0.25) is 4.79 Å². The maximum atomic E-state index is 12.7. The molecule has 0 spiro atoms. The van der Waals surface area contributed by atoms with E-state index in [0.717, 1.165) is 10.8 Å². The number of fused-ring (bicyclic) bond motifs is 1. The normalized spacial score (nSPS) is 15.6. The van der Waals surface area contributed by atoms with Gasteiger partial charge in [0.05, 0.1) is 6.61 Å². The molecule has 1 fully saturated rings. The third kappa shape index (κ3) is 3.90. The lowest BCUT2D eigenvalue weighted by Gasteiger charge is -2.35. The van der Waals surface area contributed by atoms with Gasteiger partial charge in [-0.15, -0.1) is 0 Å². The Hall–Kier alpha value is -2.76. The first-order valence-corrected chi connectivity index (χ1v) is 8.95. The molecule has 6 nitrogen and oxygen atoms in total. The number of hydrogen-bond donors (Lipinski definition) is 0. The van der Waals surface area contributed by atoms with Crippen LogP contribution >= 0.6 is 0 Å². The van der Waals surface area contributed by atoms with Crippen molar-refractivity contribution in [2.24, 2.45) is 0 Å². The molecule has 1 saturated heterocycles. The topological polar surface area (TPSA) is 59.1 Å². The molecule has 0 unspecified atom stereocenters. The highest BCUT2D eigenvalue weighted by Gasteiger charge is 2.28. The number of piperazine rings is 1. The monoisotopic (exact) mass is 356 g/mol. The molecule has 0 N–H and O–H groups in total. The first-order valence-electron chi connectivity index (χ1n) is 8.95. The van der Waals surface area contributed by atoms with Crippen LogP contribution in [-0.4, -0.2) is 60.7 Å². The molecule has 1 heterocycles. The predicted molar refractivity (Wildman–Crippen MR) is 99.2 cm³/mol. The zero-order valence-electron chi connectivity index (χ0n) is 15.2. The van der Waals surface area contributed by atoms with Crippen molar-refractivity contribution in [3.05, 3.63) is 42.5 Å². The zero-order valence-corrected chi connectivity index (χ0v) is 15.2. The molecular formula is C20H24N2O4. The van der Waals surface area contributed by atoms with E-state index in [2.05, 4.69) is 0 Å². The van der Waals surface area contributed by atoms with Crippen LogP contribution in [0, 0.1) is 0 Å². The molecule has 6 heteroatoms. The molecule has 0 aliphatic carbocycles. The van der Waals surface area contributed by atoms with Crippen LogP contribution in [-0.2, 0) is 9.53 Å². The van der Waals surface area contributed by atoms with Crippen LogP contribution in [0.15, 0.2) is 42.5 Å². The second kappa shape index (κ2) is 8.08. The number of nitrogens with zero attached hydrogens (tertiary/aromatic N) is 2. The molecule has 0 bridgehead atoms. The van der Waals surface area contributed by atoms with Crippen molar-refractivity contribution in [1.29, 1.82) is 0 Å². The van der Waals surface area contributed by atoms with E-state index >= 15 is 0 Å². The van der Waals surface area contributed by atoms with Gasteiger partial charge in [-0.2, -0.15) is 0 Å². The van der Waals surface area contributed by atoms with Crippen molar-refractivity contribution >= 4 is 22.8 Å². The fraction of sp³-hybridized carbons (Fsp3) is 0.400. The lowest BCUT2D eigenvalue weighted by atomic mass is 10.1. The average molecular weight is 356 g/mol. The van der Waals surface area contributed by atoms with Crippen LogP contribution in [0.25, 0.3) is 10.8 Å². The largest absolute Gasteiger partial charge is 0.480 e. The molecule has 2 aromatic rings. The van der Waals surface area contributed by atoms with Gasteiger partial charge in [0.15, 0.2) is 6.10 Å². The number of ether oxygens (including phenoxy) is 2. The molecule has 138 valence electrons. The molecule has 1 aliphatic heterocycles. The summed E-state index contributed by atoms with van der Waals surface area (Å²) in [6.45, 7) is 5.83. The molecule has 0 radical (unpaired) electrons. The number of carbonyl (C=O) groups excluding carboxylic acids is 2. The first kappa shape index (κ1) is 18.0. The van der Waals surface area contributed by atoms with Crippen molar-refractivity contribution in [2.75, 3.05) is 32.8 Å². The second-order valence-corrected chi connectivity index (χ2v) is 6.25. The summed E-state index contributed by atoms with van der Waals surface area (Å²) in [5, 5.41) is 2.06. The third-order valence-electron chi connectivity index (χ3n) is 4.52. The van der Waals surface area contributed by atoms with Crippen molar-refractivity contribution in [2.45, 2.75) is 20.0 Å². The van der Waals surface area contributed by atoms with Gasteiger partial charge < -0.3 is 19.3 Å². The van der Waals surface area contributed by atoms with E-state index in [9.17, 15) is 9.59 Å².